The van der Waals surface area contributed by atoms with Crippen LogP contribution in [0.2, 0.25) is 0 Å². The lowest BCUT2D eigenvalue weighted by Crippen LogP contribution is -2.48. The summed E-state index contributed by atoms with van der Waals surface area (Å²) >= 11 is 0. The topological polar surface area (TPSA) is 78.1 Å². The minimum atomic E-state index is -3.43. The van der Waals surface area contributed by atoms with Gasteiger partial charge in [-0.1, -0.05) is 0 Å². The summed E-state index contributed by atoms with van der Waals surface area (Å²) in [6.45, 7) is 1.74. The number of aromatic nitrogens is 2. The first-order chi connectivity index (χ1) is 8.98. The maximum Gasteiger partial charge on any atom is 0.246 e. The van der Waals surface area contributed by atoms with Gasteiger partial charge in [0.1, 0.15) is 4.90 Å². The molecule has 6 nitrogen and oxygen atoms in total. The van der Waals surface area contributed by atoms with Crippen molar-refractivity contribution in [1.82, 2.24) is 19.8 Å². The second-order valence-corrected chi connectivity index (χ2v) is 7.61. The molecule has 20 heavy (non-hydrogen) atoms. The largest absolute Gasteiger partial charge is 0.311 e. The highest BCUT2D eigenvalue weighted by atomic mass is 35.5. The molecule has 2 fully saturated rings. The highest BCUT2D eigenvalue weighted by molar-refractivity contribution is 7.89. The standard InChI is InChI=1S/C12H20N4O2S.ClH/c1-8-12(7-13-15-8)19(17,18)16(2)11-5-9-3-4-10(6-11)14-9;/h7,9-11,14H,3-6H2,1-2H3,(H,13,15);1H. The first kappa shape index (κ1) is 15.8. The van der Waals surface area contributed by atoms with Crippen LogP contribution in [0, 0.1) is 6.92 Å². The Hall–Kier alpha value is -0.630. The predicted molar refractivity (Wildman–Crippen MR) is 78.5 cm³/mol. The van der Waals surface area contributed by atoms with Crippen LogP contribution in [0.25, 0.3) is 0 Å². The molecule has 2 N–H and O–H groups in total. The van der Waals surface area contributed by atoms with Crippen LogP contribution in [0.5, 0.6) is 0 Å². The molecule has 8 heteroatoms. The second-order valence-electron chi connectivity index (χ2n) is 5.64. The number of nitrogens with one attached hydrogen (secondary N) is 2. The van der Waals surface area contributed by atoms with Crippen LogP contribution in [0.15, 0.2) is 11.1 Å². The maximum absolute atomic E-state index is 12.6. The van der Waals surface area contributed by atoms with E-state index in [2.05, 4.69) is 15.5 Å². The molecular formula is C12H21ClN4O2S. The first-order valence-corrected chi connectivity index (χ1v) is 8.16. The predicted octanol–water partition coefficient (Wildman–Crippen LogP) is 1.04. The second kappa shape index (κ2) is 5.63. The Morgan fingerprint density at radius 3 is 2.40 bits per heavy atom. The summed E-state index contributed by atoms with van der Waals surface area (Å²) in [7, 11) is -1.74. The SMILES string of the molecule is Cc1[nH]ncc1S(=O)(=O)N(C)C1CC2CCC(C1)N2.Cl. The molecule has 2 atom stereocenters. The number of aromatic amines is 1. The quantitative estimate of drug-likeness (QED) is 0.872. The number of nitrogens with zero attached hydrogens (tertiary/aromatic N) is 2. The van der Waals surface area contributed by atoms with Crippen LogP contribution < -0.4 is 5.32 Å². The van der Waals surface area contributed by atoms with E-state index in [-0.39, 0.29) is 18.4 Å². The molecule has 3 rings (SSSR count). The number of hydrogen-bond acceptors (Lipinski definition) is 4. The van der Waals surface area contributed by atoms with Gasteiger partial charge in [-0.05, 0) is 32.6 Å². The Morgan fingerprint density at radius 2 is 1.90 bits per heavy atom. The van der Waals surface area contributed by atoms with Crippen LogP contribution in [-0.2, 0) is 10.0 Å². The smallest absolute Gasteiger partial charge is 0.246 e. The van der Waals surface area contributed by atoms with E-state index in [1.807, 2.05) is 0 Å². The molecule has 0 aliphatic carbocycles. The van der Waals surface area contributed by atoms with Crippen molar-refractivity contribution in [3.8, 4) is 0 Å². The van der Waals surface area contributed by atoms with Crippen molar-refractivity contribution < 1.29 is 8.42 Å². The van der Waals surface area contributed by atoms with Crippen molar-refractivity contribution in [3.63, 3.8) is 0 Å². The fourth-order valence-corrected chi connectivity index (χ4v) is 4.77. The maximum atomic E-state index is 12.6. The van der Waals surface area contributed by atoms with Crippen molar-refractivity contribution in [2.45, 2.75) is 55.6 Å². The number of hydrogen-bond donors (Lipinski definition) is 2. The molecule has 0 aromatic carbocycles. The summed E-state index contributed by atoms with van der Waals surface area (Å²) in [4.78, 5) is 0.292. The van der Waals surface area contributed by atoms with Gasteiger partial charge in [0.15, 0.2) is 0 Å². The zero-order valence-electron chi connectivity index (χ0n) is 11.7. The van der Waals surface area contributed by atoms with Crippen LogP contribution in [0.4, 0.5) is 0 Å². The molecule has 114 valence electrons. The van der Waals surface area contributed by atoms with Crippen LogP contribution in [-0.4, -0.2) is 48.1 Å². The summed E-state index contributed by atoms with van der Waals surface area (Å²) in [6, 6.07) is 1.05. The van der Waals surface area contributed by atoms with Crippen molar-refractivity contribution in [3.05, 3.63) is 11.9 Å². The normalized spacial score (nSPS) is 29.4. The molecule has 2 unspecified atom stereocenters. The van der Waals surface area contributed by atoms with E-state index in [1.165, 1.54) is 23.3 Å². The number of aryl methyl sites for hydroxylation is 1. The molecule has 0 spiro atoms. The molecule has 0 amide bonds. The van der Waals surface area contributed by atoms with Crippen LogP contribution in [0.1, 0.15) is 31.4 Å². The monoisotopic (exact) mass is 320 g/mol. The third-order valence-corrected chi connectivity index (χ3v) is 6.43. The summed E-state index contributed by atoms with van der Waals surface area (Å²) in [5, 5.41) is 10.0. The fourth-order valence-electron chi connectivity index (χ4n) is 3.28. The van der Waals surface area contributed by atoms with Gasteiger partial charge >= 0.3 is 0 Å². The summed E-state index contributed by atoms with van der Waals surface area (Å²) in [5.74, 6) is 0. The zero-order chi connectivity index (χ0) is 13.6. The average Bonchev–Trinajstić information content (AvgIpc) is 2.94. The molecule has 0 radical (unpaired) electrons. The van der Waals surface area contributed by atoms with E-state index in [1.54, 1.807) is 14.0 Å². The van der Waals surface area contributed by atoms with Gasteiger partial charge < -0.3 is 5.32 Å². The molecule has 2 bridgehead atoms. The third-order valence-electron chi connectivity index (χ3n) is 4.40. The van der Waals surface area contributed by atoms with Gasteiger partial charge in [-0.3, -0.25) is 5.10 Å². The van der Waals surface area contributed by atoms with E-state index in [0.717, 1.165) is 12.8 Å². The minimum absolute atomic E-state index is 0. The van der Waals surface area contributed by atoms with Crippen molar-refractivity contribution in [2.75, 3.05) is 7.05 Å². The van der Waals surface area contributed by atoms with E-state index in [0.29, 0.717) is 22.7 Å². The third kappa shape index (κ3) is 2.59. The molecule has 2 saturated heterocycles. The number of piperidine rings is 1. The molecule has 1 aromatic rings. The Kier molecular flexibility index (Phi) is 4.44. The lowest BCUT2D eigenvalue weighted by atomic mass is 10.0. The lowest BCUT2D eigenvalue weighted by molar-refractivity contribution is 0.251. The highest BCUT2D eigenvalue weighted by Gasteiger charge is 2.39. The number of fused-ring (bicyclic) bond motifs is 2. The van der Waals surface area contributed by atoms with Gasteiger partial charge in [0, 0.05) is 25.2 Å². The lowest BCUT2D eigenvalue weighted by Gasteiger charge is -2.34. The van der Waals surface area contributed by atoms with Gasteiger partial charge in [-0.2, -0.15) is 9.40 Å². The summed E-state index contributed by atoms with van der Waals surface area (Å²) < 4.78 is 26.7. The van der Waals surface area contributed by atoms with Crippen molar-refractivity contribution >= 4 is 22.4 Å². The minimum Gasteiger partial charge on any atom is -0.311 e. The fraction of sp³-hybridized carbons (Fsp3) is 0.750. The van der Waals surface area contributed by atoms with Crippen LogP contribution >= 0.6 is 12.4 Å². The van der Waals surface area contributed by atoms with Gasteiger partial charge in [0.25, 0.3) is 0 Å². The van der Waals surface area contributed by atoms with Gasteiger partial charge in [0.2, 0.25) is 10.0 Å². The number of halogens is 1. The van der Waals surface area contributed by atoms with E-state index in [9.17, 15) is 8.42 Å². The van der Waals surface area contributed by atoms with Gasteiger partial charge in [0.05, 0.1) is 11.9 Å². The molecule has 0 saturated carbocycles. The molecular weight excluding hydrogens is 300 g/mol. The molecule has 1 aromatic heterocycles. The Morgan fingerprint density at radius 1 is 1.30 bits per heavy atom. The Bertz CT molecular complexity index is 562. The van der Waals surface area contributed by atoms with Crippen molar-refractivity contribution in [1.29, 1.82) is 0 Å². The van der Waals surface area contributed by atoms with Gasteiger partial charge in [-0.15, -0.1) is 12.4 Å². The van der Waals surface area contributed by atoms with Gasteiger partial charge in [-0.25, -0.2) is 8.42 Å². The van der Waals surface area contributed by atoms with E-state index >= 15 is 0 Å². The number of H-pyrrole nitrogens is 1. The molecule has 2 aliphatic heterocycles. The number of rotatable bonds is 3. The zero-order valence-corrected chi connectivity index (χ0v) is 13.3. The average molecular weight is 321 g/mol. The van der Waals surface area contributed by atoms with E-state index in [4.69, 9.17) is 0 Å². The summed E-state index contributed by atoms with van der Waals surface area (Å²) in [6.07, 6.45) is 5.54. The molecule has 2 aliphatic rings. The summed E-state index contributed by atoms with van der Waals surface area (Å²) in [5.41, 5.74) is 0.601. The first-order valence-electron chi connectivity index (χ1n) is 6.72. The highest BCUT2D eigenvalue weighted by Crippen LogP contribution is 2.31. The van der Waals surface area contributed by atoms with Crippen LogP contribution in [0.3, 0.4) is 0 Å². The number of sulfonamides is 1. The molecule has 3 heterocycles. The Labute approximate surface area is 125 Å². The van der Waals surface area contributed by atoms with Crippen molar-refractivity contribution in [2.24, 2.45) is 0 Å². The Balaban J connectivity index is 0.00000147. The van der Waals surface area contributed by atoms with E-state index < -0.39 is 10.0 Å².